The summed E-state index contributed by atoms with van der Waals surface area (Å²) < 4.78 is 16.4. The maximum absolute atomic E-state index is 13.8. The van der Waals surface area contributed by atoms with Gasteiger partial charge in [0.1, 0.15) is 5.82 Å². The van der Waals surface area contributed by atoms with E-state index >= 15 is 0 Å². The van der Waals surface area contributed by atoms with Gasteiger partial charge in [0, 0.05) is 22.2 Å². The predicted molar refractivity (Wildman–Crippen MR) is 94.2 cm³/mol. The molecule has 1 amide bonds. The van der Waals surface area contributed by atoms with Crippen LogP contribution in [0.5, 0.6) is 0 Å². The summed E-state index contributed by atoms with van der Waals surface area (Å²) in [5.74, 6) is -1.03. The summed E-state index contributed by atoms with van der Waals surface area (Å²) in [4.78, 5) is 12.1. The number of benzene rings is 2. The first-order valence-electron chi connectivity index (χ1n) is 7.41. The van der Waals surface area contributed by atoms with E-state index in [1.54, 1.807) is 18.2 Å². The molecule has 0 spiro atoms. The Morgan fingerprint density at radius 1 is 1.04 bits per heavy atom. The fourth-order valence-corrected chi connectivity index (χ4v) is 2.65. The van der Waals surface area contributed by atoms with Gasteiger partial charge in [-0.3, -0.25) is 4.79 Å². The van der Waals surface area contributed by atoms with Crippen LogP contribution in [0.25, 0.3) is 0 Å². The first kappa shape index (κ1) is 16.3. The van der Waals surface area contributed by atoms with E-state index in [9.17, 15) is 9.18 Å². The Bertz CT molecular complexity index is 851. The topological polar surface area (TPSA) is 33.0 Å². The van der Waals surface area contributed by atoms with Crippen molar-refractivity contribution in [3.05, 3.63) is 94.5 Å². The van der Waals surface area contributed by atoms with Gasteiger partial charge in [-0.2, -0.15) is 0 Å². The van der Waals surface area contributed by atoms with Crippen LogP contribution in [0.2, 0.25) is 0 Å². The molecule has 0 aliphatic carbocycles. The lowest BCUT2D eigenvalue weighted by atomic mass is 10.2. The van der Waals surface area contributed by atoms with Crippen LogP contribution in [-0.2, 0) is 6.54 Å². The van der Waals surface area contributed by atoms with Gasteiger partial charge in [-0.05, 0) is 18.2 Å². The molecule has 1 N–H and O–H groups in total. The Morgan fingerprint density at radius 2 is 1.75 bits per heavy atom. The van der Waals surface area contributed by atoms with Gasteiger partial charge >= 0.3 is 0 Å². The SMILES string of the molecule is O=C(Nc1cc[n+](Cc2ccccc2)cc1)c1ccc(Br)cc1F. The fourth-order valence-electron chi connectivity index (χ4n) is 2.31. The average molecular weight is 386 g/mol. The number of anilines is 1. The van der Waals surface area contributed by atoms with Gasteiger partial charge in [0.15, 0.2) is 18.9 Å². The molecule has 0 saturated heterocycles. The second-order valence-electron chi connectivity index (χ2n) is 5.32. The van der Waals surface area contributed by atoms with Crippen LogP contribution < -0.4 is 9.88 Å². The highest BCUT2D eigenvalue weighted by Gasteiger charge is 2.13. The second kappa shape index (κ2) is 7.36. The number of hydrogen-bond acceptors (Lipinski definition) is 1. The van der Waals surface area contributed by atoms with Crippen molar-refractivity contribution >= 4 is 27.5 Å². The van der Waals surface area contributed by atoms with Gasteiger partial charge in [-0.25, -0.2) is 8.96 Å². The van der Waals surface area contributed by atoms with Gasteiger partial charge in [-0.1, -0.05) is 46.3 Å². The van der Waals surface area contributed by atoms with E-state index in [0.29, 0.717) is 10.2 Å². The minimum Gasteiger partial charge on any atom is -0.321 e. The molecule has 0 atom stereocenters. The predicted octanol–water partition coefficient (Wildman–Crippen LogP) is 4.18. The molecular formula is C19H15BrFN2O+. The zero-order valence-corrected chi connectivity index (χ0v) is 14.3. The molecule has 1 heterocycles. The summed E-state index contributed by atoms with van der Waals surface area (Å²) in [5, 5.41) is 2.70. The molecule has 3 nitrogen and oxygen atoms in total. The molecule has 0 aliphatic rings. The molecule has 0 bridgehead atoms. The van der Waals surface area contributed by atoms with Crippen molar-refractivity contribution in [2.75, 3.05) is 5.32 Å². The van der Waals surface area contributed by atoms with E-state index in [2.05, 4.69) is 33.4 Å². The third-order valence-corrected chi connectivity index (χ3v) is 4.03. The zero-order valence-electron chi connectivity index (χ0n) is 12.7. The first-order chi connectivity index (χ1) is 11.6. The number of rotatable bonds is 4. The number of carbonyl (C=O) groups is 1. The molecule has 0 fully saturated rings. The molecule has 0 saturated carbocycles. The minimum absolute atomic E-state index is 0.0132. The Hall–Kier alpha value is -2.53. The Morgan fingerprint density at radius 3 is 2.42 bits per heavy atom. The highest BCUT2D eigenvalue weighted by Crippen LogP contribution is 2.16. The second-order valence-corrected chi connectivity index (χ2v) is 6.24. The largest absolute Gasteiger partial charge is 0.321 e. The number of nitrogens with zero attached hydrogens (tertiary/aromatic N) is 1. The normalized spacial score (nSPS) is 10.4. The molecular weight excluding hydrogens is 371 g/mol. The Balaban J connectivity index is 1.68. The van der Waals surface area contributed by atoms with E-state index in [4.69, 9.17) is 0 Å². The molecule has 0 unspecified atom stereocenters. The molecule has 0 radical (unpaired) electrons. The first-order valence-corrected chi connectivity index (χ1v) is 8.20. The number of halogens is 2. The molecule has 24 heavy (non-hydrogen) atoms. The van der Waals surface area contributed by atoms with Crippen molar-refractivity contribution in [3.8, 4) is 0 Å². The summed E-state index contributed by atoms with van der Waals surface area (Å²) in [6.07, 6.45) is 3.75. The number of aromatic nitrogens is 1. The zero-order chi connectivity index (χ0) is 16.9. The number of amides is 1. The molecule has 0 aliphatic heterocycles. The monoisotopic (exact) mass is 385 g/mol. The fraction of sp³-hybridized carbons (Fsp3) is 0.0526. The summed E-state index contributed by atoms with van der Waals surface area (Å²) in [5.41, 5.74) is 1.82. The van der Waals surface area contributed by atoms with Crippen LogP contribution in [0.1, 0.15) is 15.9 Å². The van der Waals surface area contributed by atoms with Crippen LogP contribution in [0.4, 0.5) is 10.1 Å². The summed E-state index contributed by atoms with van der Waals surface area (Å²) in [6, 6.07) is 18.0. The highest BCUT2D eigenvalue weighted by molar-refractivity contribution is 9.10. The van der Waals surface area contributed by atoms with Crippen molar-refractivity contribution in [2.45, 2.75) is 6.54 Å². The van der Waals surface area contributed by atoms with Crippen molar-refractivity contribution in [3.63, 3.8) is 0 Å². The smallest absolute Gasteiger partial charge is 0.258 e. The molecule has 1 aromatic heterocycles. The van der Waals surface area contributed by atoms with Gasteiger partial charge in [0.05, 0.1) is 11.3 Å². The van der Waals surface area contributed by atoms with Gasteiger partial charge in [0.2, 0.25) is 0 Å². The van der Waals surface area contributed by atoms with Crippen LogP contribution in [-0.4, -0.2) is 5.91 Å². The highest BCUT2D eigenvalue weighted by atomic mass is 79.9. The summed E-state index contributed by atoms with van der Waals surface area (Å²) in [7, 11) is 0. The van der Waals surface area contributed by atoms with Crippen LogP contribution in [0.3, 0.4) is 0 Å². The van der Waals surface area contributed by atoms with E-state index in [-0.39, 0.29) is 5.56 Å². The lowest BCUT2D eigenvalue weighted by molar-refractivity contribution is -0.688. The lowest BCUT2D eigenvalue weighted by Crippen LogP contribution is -2.33. The van der Waals surface area contributed by atoms with E-state index in [1.165, 1.54) is 17.7 Å². The standard InChI is InChI=1S/C19H14BrFN2O/c20-15-6-7-17(18(21)12-15)19(24)22-16-8-10-23(11-9-16)13-14-4-2-1-3-5-14/h1-12H,13H2/p+1. The van der Waals surface area contributed by atoms with E-state index < -0.39 is 11.7 Å². The van der Waals surface area contributed by atoms with Crippen LogP contribution in [0.15, 0.2) is 77.5 Å². The summed E-state index contributed by atoms with van der Waals surface area (Å²) in [6.45, 7) is 0.746. The molecule has 2 aromatic carbocycles. The van der Waals surface area contributed by atoms with E-state index in [0.717, 1.165) is 6.54 Å². The van der Waals surface area contributed by atoms with Crippen LogP contribution in [0, 0.1) is 5.82 Å². The summed E-state index contributed by atoms with van der Waals surface area (Å²) >= 11 is 3.17. The minimum atomic E-state index is -0.558. The maximum Gasteiger partial charge on any atom is 0.258 e. The quantitative estimate of drug-likeness (QED) is 0.671. The molecule has 120 valence electrons. The third kappa shape index (κ3) is 4.06. The van der Waals surface area contributed by atoms with E-state index in [1.807, 2.05) is 35.2 Å². The lowest BCUT2D eigenvalue weighted by Gasteiger charge is -2.06. The van der Waals surface area contributed by atoms with Crippen molar-refractivity contribution < 1.29 is 13.8 Å². The van der Waals surface area contributed by atoms with Crippen molar-refractivity contribution in [1.29, 1.82) is 0 Å². The maximum atomic E-state index is 13.8. The van der Waals surface area contributed by atoms with Crippen molar-refractivity contribution in [1.82, 2.24) is 0 Å². The van der Waals surface area contributed by atoms with Crippen LogP contribution >= 0.6 is 15.9 Å². The number of carbonyl (C=O) groups excluding carboxylic acids is 1. The molecule has 3 aromatic rings. The van der Waals surface area contributed by atoms with Crippen molar-refractivity contribution in [2.24, 2.45) is 0 Å². The molecule has 5 heteroatoms. The average Bonchev–Trinajstić information content (AvgIpc) is 2.57. The van der Waals surface area contributed by atoms with Gasteiger partial charge in [-0.15, -0.1) is 0 Å². The molecule has 3 rings (SSSR count). The number of hydrogen-bond donors (Lipinski definition) is 1. The number of pyridine rings is 1. The Labute approximate surface area is 147 Å². The Kier molecular flexibility index (Phi) is 5.01. The van der Waals surface area contributed by atoms with Gasteiger partial charge in [0.25, 0.3) is 5.91 Å². The third-order valence-electron chi connectivity index (χ3n) is 3.53. The number of nitrogens with one attached hydrogen (secondary N) is 1. The van der Waals surface area contributed by atoms with Gasteiger partial charge < -0.3 is 5.32 Å².